The molecule has 1 aliphatic heterocycles. The van der Waals surface area contributed by atoms with Crippen molar-refractivity contribution in [3.8, 4) is 0 Å². The van der Waals surface area contributed by atoms with E-state index in [1.807, 2.05) is 0 Å². The summed E-state index contributed by atoms with van der Waals surface area (Å²) in [5.74, 6) is 3.36. The van der Waals surface area contributed by atoms with Crippen molar-refractivity contribution in [1.82, 2.24) is 0 Å². The van der Waals surface area contributed by atoms with Gasteiger partial charge >= 0.3 is 0 Å². The second-order valence-corrected chi connectivity index (χ2v) is 15.7. The highest BCUT2D eigenvalue weighted by molar-refractivity contribution is 5.32. The summed E-state index contributed by atoms with van der Waals surface area (Å²) in [7, 11) is 0. The van der Waals surface area contributed by atoms with Gasteiger partial charge in [0.25, 0.3) is 0 Å². The molecular formula is C35H60O7. The van der Waals surface area contributed by atoms with Gasteiger partial charge < -0.3 is 35.0 Å². The number of allylic oxidation sites excluding steroid dienone is 1. The van der Waals surface area contributed by atoms with Crippen LogP contribution in [0.2, 0.25) is 0 Å². The zero-order chi connectivity index (χ0) is 30.6. The van der Waals surface area contributed by atoms with Crippen molar-refractivity contribution in [2.75, 3.05) is 6.61 Å². The third-order valence-electron chi connectivity index (χ3n) is 13.4. The van der Waals surface area contributed by atoms with Crippen molar-refractivity contribution in [2.24, 2.45) is 52.3 Å². The first kappa shape index (κ1) is 32.8. The van der Waals surface area contributed by atoms with Gasteiger partial charge in [-0.2, -0.15) is 0 Å². The topological polar surface area (TPSA) is 120 Å². The van der Waals surface area contributed by atoms with Crippen LogP contribution in [0, 0.1) is 52.3 Å². The first-order valence-electron chi connectivity index (χ1n) is 17.2. The SMILES string of the molecule is CC[C@H](CC[C@@H](C)[C@H]1CC[C@H]2[C@@H]3C[C@@H](O[C@@H]4O[C@H](CO)[C@@H](O)[C@H](O)[C@H]4O)[C@@H]4CCCC[C@]4(C)C3=C[C@H](O)[C@]12C)C(C)C. The fourth-order valence-corrected chi connectivity index (χ4v) is 10.7. The first-order chi connectivity index (χ1) is 19.9. The predicted octanol–water partition coefficient (Wildman–Crippen LogP) is 4.82. The third kappa shape index (κ3) is 5.45. The van der Waals surface area contributed by atoms with E-state index in [2.05, 4.69) is 47.6 Å². The molecule has 3 saturated carbocycles. The van der Waals surface area contributed by atoms with Crippen LogP contribution in [0.25, 0.3) is 0 Å². The van der Waals surface area contributed by atoms with Gasteiger partial charge in [0.2, 0.25) is 0 Å². The largest absolute Gasteiger partial charge is 0.394 e. The molecule has 242 valence electrons. The van der Waals surface area contributed by atoms with Gasteiger partial charge in [-0.1, -0.05) is 78.9 Å². The van der Waals surface area contributed by atoms with Crippen LogP contribution in [0.15, 0.2) is 11.6 Å². The van der Waals surface area contributed by atoms with Crippen LogP contribution in [0.5, 0.6) is 0 Å². The van der Waals surface area contributed by atoms with Crippen LogP contribution in [0.1, 0.15) is 106 Å². The molecule has 1 heterocycles. The molecule has 5 rings (SSSR count). The van der Waals surface area contributed by atoms with Crippen LogP contribution < -0.4 is 0 Å². The van der Waals surface area contributed by atoms with Crippen LogP contribution in [0.3, 0.4) is 0 Å². The maximum absolute atomic E-state index is 11.9. The Morgan fingerprint density at radius 1 is 0.952 bits per heavy atom. The maximum atomic E-state index is 11.9. The zero-order valence-electron chi connectivity index (χ0n) is 27.0. The van der Waals surface area contributed by atoms with Crippen LogP contribution in [0.4, 0.5) is 0 Å². The molecule has 7 heteroatoms. The van der Waals surface area contributed by atoms with E-state index >= 15 is 0 Å². The fraction of sp³-hybridized carbons (Fsp3) is 0.943. The van der Waals surface area contributed by atoms with Gasteiger partial charge in [-0.15, -0.1) is 0 Å². The lowest BCUT2D eigenvalue weighted by molar-refractivity contribution is -0.321. The Morgan fingerprint density at radius 2 is 1.69 bits per heavy atom. The average molecular weight is 593 g/mol. The first-order valence-corrected chi connectivity index (χ1v) is 17.2. The lowest BCUT2D eigenvalue weighted by Crippen LogP contribution is -2.61. The highest BCUT2D eigenvalue weighted by atomic mass is 16.7. The summed E-state index contributed by atoms with van der Waals surface area (Å²) in [5.41, 5.74) is 1.14. The fourth-order valence-electron chi connectivity index (χ4n) is 10.7. The Hall–Kier alpha value is -0.540. The number of fused-ring (bicyclic) bond motifs is 5. The Kier molecular flexibility index (Phi) is 9.92. The minimum atomic E-state index is -1.44. The monoisotopic (exact) mass is 592 g/mol. The van der Waals surface area contributed by atoms with Crippen LogP contribution in [-0.2, 0) is 9.47 Å². The molecule has 0 amide bonds. The molecule has 7 nitrogen and oxygen atoms in total. The summed E-state index contributed by atoms with van der Waals surface area (Å²) in [4.78, 5) is 0. The summed E-state index contributed by atoms with van der Waals surface area (Å²) in [6.07, 6.45) is 6.42. The highest BCUT2D eigenvalue weighted by Crippen LogP contribution is 2.67. The summed E-state index contributed by atoms with van der Waals surface area (Å²) < 4.78 is 12.5. The number of rotatable bonds is 9. The molecule has 4 fully saturated rings. The number of ether oxygens (including phenoxy) is 2. The summed E-state index contributed by atoms with van der Waals surface area (Å²) >= 11 is 0. The highest BCUT2D eigenvalue weighted by Gasteiger charge is 2.62. The molecule has 5 aliphatic rings. The maximum Gasteiger partial charge on any atom is 0.186 e. The normalized spacial score (nSPS) is 48.7. The van der Waals surface area contributed by atoms with E-state index in [-0.39, 0.29) is 22.9 Å². The lowest BCUT2D eigenvalue weighted by atomic mass is 9.47. The Labute approximate surface area is 254 Å². The van der Waals surface area contributed by atoms with E-state index in [4.69, 9.17) is 9.47 Å². The standard InChI is InChI=1S/C35H60O7/c1-7-21(19(2)3)12-11-20(4)23-13-14-24-22-16-27(41-33-32(40)31(39)30(38)28(18-36)42-33)25-10-8-9-15-34(25,5)26(22)17-29(37)35(23,24)6/h17,19-25,27-33,36-40H,7-16,18H2,1-6H3/t20-,21-,22+,23-,24+,25+,27-,28-,29+,30-,31+,32-,33-,34+,35-/m1/s1. The number of hydrogen-bond donors (Lipinski definition) is 5. The van der Waals surface area contributed by atoms with Crippen LogP contribution in [-0.4, -0.2) is 75.1 Å². The second kappa shape index (κ2) is 12.7. The molecule has 0 aromatic rings. The molecule has 15 atom stereocenters. The molecule has 1 saturated heterocycles. The van der Waals surface area contributed by atoms with Crippen molar-refractivity contribution >= 4 is 0 Å². The van der Waals surface area contributed by atoms with E-state index in [0.717, 1.165) is 50.9 Å². The van der Waals surface area contributed by atoms with Crippen molar-refractivity contribution in [3.05, 3.63) is 11.6 Å². The zero-order valence-corrected chi connectivity index (χ0v) is 27.0. The molecule has 42 heavy (non-hydrogen) atoms. The smallest absolute Gasteiger partial charge is 0.186 e. The summed E-state index contributed by atoms with van der Waals surface area (Å²) in [6.45, 7) is 13.7. The number of aliphatic hydroxyl groups is 5. The molecule has 0 unspecified atom stereocenters. The molecule has 0 spiro atoms. The van der Waals surface area contributed by atoms with E-state index < -0.39 is 43.4 Å². The minimum absolute atomic E-state index is 0.0996. The van der Waals surface area contributed by atoms with Gasteiger partial charge in [-0.25, -0.2) is 0 Å². The molecule has 0 radical (unpaired) electrons. The van der Waals surface area contributed by atoms with Crippen molar-refractivity contribution < 1.29 is 35.0 Å². The minimum Gasteiger partial charge on any atom is -0.394 e. The summed E-state index contributed by atoms with van der Waals surface area (Å²) in [6, 6.07) is 0. The third-order valence-corrected chi connectivity index (χ3v) is 13.4. The lowest BCUT2D eigenvalue weighted by Gasteiger charge is -2.60. The Bertz CT molecular complexity index is 952. The van der Waals surface area contributed by atoms with Crippen LogP contribution >= 0.6 is 0 Å². The molecule has 5 N–H and O–H groups in total. The average Bonchev–Trinajstić information content (AvgIpc) is 3.33. The van der Waals surface area contributed by atoms with E-state index in [1.54, 1.807) is 0 Å². The number of hydrogen-bond acceptors (Lipinski definition) is 7. The van der Waals surface area contributed by atoms with Crippen molar-refractivity contribution in [1.29, 1.82) is 0 Å². The van der Waals surface area contributed by atoms with E-state index in [9.17, 15) is 25.5 Å². The predicted molar refractivity (Wildman–Crippen MR) is 162 cm³/mol. The van der Waals surface area contributed by atoms with Gasteiger partial charge in [0.1, 0.15) is 24.4 Å². The second-order valence-electron chi connectivity index (χ2n) is 15.7. The molecule has 4 aliphatic carbocycles. The molecular weight excluding hydrogens is 532 g/mol. The van der Waals surface area contributed by atoms with Gasteiger partial charge in [0.05, 0.1) is 18.8 Å². The Balaban J connectivity index is 1.41. The van der Waals surface area contributed by atoms with Gasteiger partial charge in [-0.05, 0) is 85.4 Å². The number of aliphatic hydroxyl groups excluding tert-OH is 5. The van der Waals surface area contributed by atoms with Gasteiger partial charge in [0.15, 0.2) is 6.29 Å². The van der Waals surface area contributed by atoms with Crippen molar-refractivity contribution in [3.63, 3.8) is 0 Å². The molecule has 0 aromatic carbocycles. The molecule has 0 aromatic heterocycles. The van der Waals surface area contributed by atoms with Crippen molar-refractivity contribution in [2.45, 2.75) is 149 Å². The summed E-state index contributed by atoms with van der Waals surface area (Å²) in [5, 5.41) is 53.3. The van der Waals surface area contributed by atoms with Gasteiger partial charge in [-0.3, -0.25) is 0 Å². The van der Waals surface area contributed by atoms with Gasteiger partial charge in [0, 0.05) is 5.41 Å². The van der Waals surface area contributed by atoms with E-state index in [0.29, 0.717) is 29.6 Å². The Morgan fingerprint density at radius 3 is 2.36 bits per heavy atom. The molecule has 0 bridgehead atoms. The quantitative estimate of drug-likeness (QED) is 0.244. The van der Waals surface area contributed by atoms with E-state index in [1.165, 1.54) is 24.8 Å².